The van der Waals surface area contributed by atoms with E-state index in [1.54, 1.807) is 18.0 Å². The molecule has 1 aromatic carbocycles. The Labute approximate surface area is 146 Å². The van der Waals surface area contributed by atoms with E-state index >= 15 is 0 Å². The number of carboxylic acids is 1. The summed E-state index contributed by atoms with van der Waals surface area (Å²) in [7, 11) is 3.14. The lowest BCUT2D eigenvalue weighted by Gasteiger charge is -2.45. The summed E-state index contributed by atoms with van der Waals surface area (Å²) in [6.07, 6.45) is 1.31. The number of piperidine rings is 1. The minimum atomic E-state index is -0.900. The Bertz CT molecular complexity index is 686. The van der Waals surface area contributed by atoms with Crippen LogP contribution in [0.5, 0.6) is 5.75 Å². The number of carboxylic acid groups (broad SMARTS) is 1. The van der Waals surface area contributed by atoms with Crippen molar-refractivity contribution in [2.75, 3.05) is 27.2 Å². The third-order valence-corrected chi connectivity index (χ3v) is 5.71. The van der Waals surface area contributed by atoms with Gasteiger partial charge in [0.2, 0.25) is 5.91 Å². The van der Waals surface area contributed by atoms with Crippen LogP contribution in [0.2, 0.25) is 0 Å². The predicted molar refractivity (Wildman–Crippen MR) is 88.7 cm³/mol. The molecule has 0 unspecified atom stereocenters. The zero-order chi connectivity index (χ0) is 18.2. The van der Waals surface area contributed by atoms with Crippen molar-refractivity contribution in [2.45, 2.75) is 31.3 Å². The summed E-state index contributed by atoms with van der Waals surface area (Å²) in [6, 6.07) is 4.91. The average Bonchev–Trinajstić information content (AvgIpc) is 2.83. The maximum absolute atomic E-state index is 13.8. The molecule has 2 aliphatic rings. The quantitative estimate of drug-likeness (QED) is 0.896. The molecule has 136 valence electrons. The van der Waals surface area contributed by atoms with E-state index in [0.717, 1.165) is 5.56 Å². The van der Waals surface area contributed by atoms with Crippen LogP contribution >= 0.6 is 0 Å². The molecule has 6 nitrogen and oxygen atoms in total. The van der Waals surface area contributed by atoms with E-state index in [4.69, 9.17) is 4.74 Å². The third-order valence-electron chi connectivity index (χ3n) is 5.71. The highest BCUT2D eigenvalue weighted by Gasteiger charge is 2.55. The highest BCUT2D eigenvalue weighted by Crippen LogP contribution is 2.43. The molecular formula is C18H23FN2O4. The van der Waals surface area contributed by atoms with Crippen LogP contribution in [0.3, 0.4) is 0 Å². The third kappa shape index (κ3) is 3.08. The van der Waals surface area contributed by atoms with E-state index in [2.05, 4.69) is 4.90 Å². The molecule has 0 radical (unpaired) electrons. The van der Waals surface area contributed by atoms with Gasteiger partial charge in [0.05, 0.1) is 18.6 Å². The second kappa shape index (κ2) is 6.63. The summed E-state index contributed by atoms with van der Waals surface area (Å²) < 4.78 is 18.8. The molecule has 0 aromatic heterocycles. The number of ether oxygens (including phenoxy) is 1. The standard InChI is InChI=1S/C18H23FN2O4/c1-20-16(22)10-13(17(23)24)18(20)5-7-21(8-6-18)11-12-3-4-15(25-2)14(19)9-12/h3-4,9,13H,5-8,10-11H2,1-2H3,(H,23,24)/t13-/m1/s1. The Morgan fingerprint density at radius 1 is 1.40 bits per heavy atom. The second-order valence-corrected chi connectivity index (χ2v) is 6.90. The number of carbonyl (C=O) groups is 2. The molecule has 25 heavy (non-hydrogen) atoms. The fourth-order valence-electron chi connectivity index (χ4n) is 4.15. The Morgan fingerprint density at radius 2 is 2.08 bits per heavy atom. The van der Waals surface area contributed by atoms with E-state index < -0.39 is 17.4 Å². The summed E-state index contributed by atoms with van der Waals surface area (Å²) in [4.78, 5) is 27.4. The van der Waals surface area contributed by atoms with Crippen LogP contribution in [-0.4, -0.2) is 59.6 Å². The van der Waals surface area contributed by atoms with Crippen molar-refractivity contribution in [3.8, 4) is 5.75 Å². The van der Waals surface area contributed by atoms with Crippen molar-refractivity contribution < 1.29 is 23.8 Å². The number of hydrogen-bond donors (Lipinski definition) is 1. The highest BCUT2D eigenvalue weighted by atomic mass is 19.1. The normalized spacial score (nSPS) is 23.2. The van der Waals surface area contributed by atoms with Crippen LogP contribution in [0.25, 0.3) is 0 Å². The SMILES string of the molecule is COc1ccc(CN2CCC3(CC2)[C@@H](C(=O)O)CC(=O)N3C)cc1F. The van der Waals surface area contributed by atoms with E-state index in [9.17, 15) is 19.1 Å². The van der Waals surface area contributed by atoms with Gasteiger partial charge >= 0.3 is 5.97 Å². The van der Waals surface area contributed by atoms with E-state index in [-0.39, 0.29) is 23.9 Å². The van der Waals surface area contributed by atoms with Gasteiger partial charge in [-0.1, -0.05) is 6.07 Å². The lowest BCUT2D eigenvalue weighted by atomic mass is 9.77. The van der Waals surface area contributed by atoms with Gasteiger partial charge in [0.25, 0.3) is 0 Å². The Morgan fingerprint density at radius 3 is 2.64 bits per heavy atom. The number of rotatable bonds is 4. The topological polar surface area (TPSA) is 70.1 Å². The van der Waals surface area contributed by atoms with Gasteiger partial charge in [-0.3, -0.25) is 14.5 Å². The zero-order valence-electron chi connectivity index (χ0n) is 14.5. The molecule has 2 aliphatic heterocycles. The van der Waals surface area contributed by atoms with Crippen LogP contribution in [-0.2, 0) is 16.1 Å². The Hall–Kier alpha value is -2.15. The fourth-order valence-corrected chi connectivity index (χ4v) is 4.15. The molecule has 1 spiro atoms. The Kier molecular flexibility index (Phi) is 4.69. The van der Waals surface area contributed by atoms with Crippen molar-refractivity contribution in [1.29, 1.82) is 0 Å². The Balaban J connectivity index is 1.68. The maximum atomic E-state index is 13.8. The number of aliphatic carboxylic acids is 1. The van der Waals surface area contributed by atoms with E-state index in [1.165, 1.54) is 13.2 Å². The largest absolute Gasteiger partial charge is 0.494 e. The number of amides is 1. The molecule has 1 aromatic rings. The first kappa shape index (κ1) is 17.7. The molecule has 1 amide bonds. The monoisotopic (exact) mass is 350 g/mol. The number of hydrogen-bond acceptors (Lipinski definition) is 4. The van der Waals surface area contributed by atoms with Crippen LogP contribution in [0, 0.1) is 11.7 Å². The lowest BCUT2D eigenvalue weighted by molar-refractivity contribution is -0.146. The minimum Gasteiger partial charge on any atom is -0.494 e. The second-order valence-electron chi connectivity index (χ2n) is 6.90. The first-order valence-electron chi connectivity index (χ1n) is 8.41. The van der Waals surface area contributed by atoms with Crippen molar-refractivity contribution >= 4 is 11.9 Å². The zero-order valence-corrected chi connectivity index (χ0v) is 14.5. The summed E-state index contributed by atoms with van der Waals surface area (Å²) in [5, 5.41) is 9.50. The molecule has 0 bridgehead atoms. The lowest BCUT2D eigenvalue weighted by Crippen LogP contribution is -2.55. The van der Waals surface area contributed by atoms with Gasteiger partial charge in [-0.15, -0.1) is 0 Å². The summed E-state index contributed by atoms with van der Waals surface area (Å²) in [5.74, 6) is -1.82. The number of nitrogens with zero attached hydrogens (tertiary/aromatic N) is 2. The molecular weight excluding hydrogens is 327 g/mol. The summed E-state index contributed by atoms with van der Waals surface area (Å²) in [5.41, 5.74) is 0.254. The number of carbonyl (C=O) groups excluding carboxylic acids is 1. The summed E-state index contributed by atoms with van der Waals surface area (Å²) >= 11 is 0. The minimum absolute atomic E-state index is 0.0789. The van der Waals surface area contributed by atoms with Crippen LogP contribution < -0.4 is 4.74 Å². The molecule has 1 atom stereocenters. The number of likely N-dealkylation sites (tertiary alicyclic amines) is 2. The van der Waals surface area contributed by atoms with Crippen LogP contribution in [0.1, 0.15) is 24.8 Å². The molecule has 3 rings (SSSR count). The van der Waals surface area contributed by atoms with Gasteiger partial charge in [0.1, 0.15) is 0 Å². The van der Waals surface area contributed by atoms with Gasteiger partial charge in [-0.05, 0) is 30.5 Å². The summed E-state index contributed by atoms with van der Waals surface area (Å²) in [6.45, 7) is 1.94. The van der Waals surface area contributed by atoms with E-state index in [1.807, 2.05) is 6.07 Å². The van der Waals surface area contributed by atoms with Gasteiger partial charge in [-0.25, -0.2) is 4.39 Å². The maximum Gasteiger partial charge on any atom is 0.309 e. The fraction of sp³-hybridized carbons (Fsp3) is 0.556. The first-order chi connectivity index (χ1) is 11.9. The molecule has 0 aliphatic carbocycles. The van der Waals surface area contributed by atoms with Crippen LogP contribution in [0.4, 0.5) is 4.39 Å². The smallest absolute Gasteiger partial charge is 0.309 e. The molecule has 2 heterocycles. The molecule has 1 N–H and O–H groups in total. The van der Waals surface area contributed by atoms with Gasteiger partial charge in [-0.2, -0.15) is 0 Å². The van der Waals surface area contributed by atoms with Gasteiger partial charge < -0.3 is 14.7 Å². The van der Waals surface area contributed by atoms with E-state index in [0.29, 0.717) is 32.5 Å². The van der Waals surface area contributed by atoms with Crippen molar-refractivity contribution in [3.63, 3.8) is 0 Å². The first-order valence-corrected chi connectivity index (χ1v) is 8.41. The van der Waals surface area contributed by atoms with Crippen molar-refractivity contribution in [2.24, 2.45) is 5.92 Å². The van der Waals surface area contributed by atoms with Gasteiger partial charge in [0.15, 0.2) is 11.6 Å². The number of halogens is 1. The average molecular weight is 350 g/mol. The number of benzene rings is 1. The van der Waals surface area contributed by atoms with Crippen LogP contribution in [0.15, 0.2) is 18.2 Å². The van der Waals surface area contributed by atoms with Crippen molar-refractivity contribution in [3.05, 3.63) is 29.6 Å². The predicted octanol–water partition coefficient (Wildman–Crippen LogP) is 1.73. The van der Waals surface area contributed by atoms with Gasteiger partial charge in [0, 0.05) is 33.1 Å². The molecule has 2 saturated heterocycles. The molecule has 0 saturated carbocycles. The molecule has 7 heteroatoms. The molecule has 2 fully saturated rings. The van der Waals surface area contributed by atoms with Crippen molar-refractivity contribution in [1.82, 2.24) is 9.80 Å². The number of methoxy groups -OCH3 is 1. The highest BCUT2D eigenvalue weighted by molar-refractivity contribution is 5.88.